The van der Waals surface area contributed by atoms with Crippen LogP contribution in [0.15, 0.2) is 36.0 Å². The van der Waals surface area contributed by atoms with Crippen molar-refractivity contribution < 1.29 is 28.5 Å². The van der Waals surface area contributed by atoms with Crippen LogP contribution in [0.1, 0.15) is 73.6 Å². The van der Waals surface area contributed by atoms with Crippen molar-refractivity contribution in [3.63, 3.8) is 0 Å². The highest BCUT2D eigenvalue weighted by atomic mass is 16.6. The van der Waals surface area contributed by atoms with Crippen molar-refractivity contribution in [2.24, 2.45) is 5.92 Å². The monoisotopic (exact) mass is 489 g/mol. The molecule has 0 saturated carbocycles. The van der Waals surface area contributed by atoms with E-state index in [1.54, 1.807) is 13.0 Å². The van der Waals surface area contributed by atoms with E-state index in [9.17, 15) is 9.59 Å². The molecular formula is C28H43NO6. The van der Waals surface area contributed by atoms with E-state index in [0.717, 1.165) is 38.7 Å². The predicted octanol–water partition coefficient (Wildman–Crippen LogP) is 4.41. The third kappa shape index (κ3) is 8.58. The molecule has 0 unspecified atom stereocenters. The molecule has 1 N–H and O–H groups in total. The van der Waals surface area contributed by atoms with Crippen LogP contribution in [0.3, 0.4) is 0 Å². The maximum atomic E-state index is 12.3. The van der Waals surface area contributed by atoms with Crippen LogP contribution < -0.4 is 5.32 Å². The van der Waals surface area contributed by atoms with Crippen LogP contribution in [-0.4, -0.2) is 60.6 Å². The van der Waals surface area contributed by atoms with E-state index in [1.807, 2.05) is 6.92 Å². The summed E-state index contributed by atoms with van der Waals surface area (Å²) in [5, 5.41) is 3.03. The Labute approximate surface area is 210 Å². The summed E-state index contributed by atoms with van der Waals surface area (Å²) in [5.41, 5.74) is 1.26. The summed E-state index contributed by atoms with van der Waals surface area (Å²) in [6, 6.07) is -0.0562. The molecule has 3 aliphatic heterocycles. The smallest absolute Gasteiger partial charge is 0.303 e. The lowest BCUT2D eigenvalue weighted by Crippen LogP contribution is -2.50. The average molecular weight is 490 g/mol. The van der Waals surface area contributed by atoms with E-state index in [2.05, 4.69) is 44.3 Å². The first-order valence-electron chi connectivity index (χ1n) is 13.0. The first-order chi connectivity index (χ1) is 16.6. The molecule has 196 valence electrons. The van der Waals surface area contributed by atoms with E-state index in [0.29, 0.717) is 5.92 Å². The lowest BCUT2D eigenvalue weighted by molar-refractivity contribution is -0.143. The molecule has 1 spiro atoms. The Balaban J connectivity index is 1.45. The minimum absolute atomic E-state index is 0.0562. The van der Waals surface area contributed by atoms with Crippen LogP contribution in [0.2, 0.25) is 0 Å². The summed E-state index contributed by atoms with van der Waals surface area (Å²) < 4.78 is 23.2. The normalized spacial score (nSPS) is 36.5. The third-order valence-corrected chi connectivity index (χ3v) is 7.21. The number of allylic oxidation sites excluding steroid dienone is 2. The fourth-order valence-corrected chi connectivity index (χ4v) is 5.00. The van der Waals surface area contributed by atoms with Crippen LogP contribution in [-0.2, 0) is 28.5 Å². The van der Waals surface area contributed by atoms with Crippen molar-refractivity contribution in [2.75, 3.05) is 6.61 Å². The molecule has 3 fully saturated rings. The number of carbonyl (C=O) groups excluding carboxylic acids is 2. The Morgan fingerprint density at radius 3 is 2.57 bits per heavy atom. The van der Waals surface area contributed by atoms with Crippen molar-refractivity contribution in [3.8, 4) is 0 Å². The fourth-order valence-electron chi connectivity index (χ4n) is 5.00. The van der Waals surface area contributed by atoms with Gasteiger partial charge in [0.2, 0.25) is 5.91 Å². The van der Waals surface area contributed by atoms with E-state index in [4.69, 9.17) is 18.9 Å². The number of hydrogen-bond acceptors (Lipinski definition) is 6. The quantitative estimate of drug-likeness (QED) is 0.223. The van der Waals surface area contributed by atoms with Gasteiger partial charge < -0.3 is 24.3 Å². The van der Waals surface area contributed by atoms with Crippen molar-refractivity contribution >= 4 is 11.9 Å². The summed E-state index contributed by atoms with van der Waals surface area (Å²) in [5.74, 6) is -0.262. The Hall–Kier alpha value is -1.96. The van der Waals surface area contributed by atoms with E-state index in [1.165, 1.54) is 18.6 Å². The molecule has 3 aliphatic rings. The molecule has 0 aliphatic carbocycles. The number of amides is 1. The van der Waals surface area contributed by atoms with E-state index in [-0.39, 0.29) is 47.9 Å². The maximum Gasteiger partial charge on any atom is 0.303 e. The molecule has 3 rings (SSSR count). The fraction of sp³-hybridized carbons (Fsp3) is 0.714. The highest BCUT2D eigenvalue weighted by Gasteiger charge is 2.50. The molecule has 0 aromatic rings. The zero-order chi connectivity index (χ0) is 25.6. The van der Waals surface area contributed by atoms with Gasteiger partial charge in [0.25, 0.3) is 0 Å². The SMILES string of the molecule is CC[C@@H]1C[C@@]2(CO2)C[C@@H](/C=C/C(C)=C/C[C@@H]2O[C@H](C)[C@H](NC(=O)/C=C\[C@H](C)OC(C)=O)C[C@@H]2C)O1. The van der Waals surface area contributed by atoms with Gasteiger partial charge in [-0.15, -0.1) is 0 Å². The molecule has 0 aromatic carbocycles. The van der Waals surface area contributed by atoms with Gasteiger partial charge >= 0.3 is 5.97 Å². The molecule has 7 nitrogen and oxygen atoms in total. The lowest BCUT2D eigenvalue weighted by Gasteiger charge is -2.39. The second-order valence-corrected chi connectivity index (χ2v) is 10.5. The molecular weight excluding hydrogens is 446 g/mol. The van der Waals surface area contributed by atoms with E-state index >= 15 is 0 Å². The van der Waals surface area contributed by atoms with Crippen LogP contribution in [0.25, 0.3) is 0 Å². The summed E-state index contributed by atoms with van der Waals surface area (Å²) in [4.78, 5) is 23.3. The first-order valence-corrected chi connectivity index (χ1v) is 13.0. The van der Waals surface area contributed by atoms with Gasteiger partial charge in [-0.25, -0.2) is 0 Å². The molecule has 3 heterocycles. The van der Waals surface area contributed by atoms with Crippen LogP contribution in [0.5, 0.6) is 0 Å². The Morgan fingerprint density at radius 1 is 1.17 bits per heavy atom. The largest absolute Gasteiger partial charge is 0.459 e. The first kappa shape index (κ1) is 27.6. The van der Waals surface area contributed by atoms with Crippen molar-refractivity contribution in [1.29, 1.82) is 0 Å². The summed E-state index contributed by atoms with van der Waals surface area (Å²) >= 11 is 0. The van der Waals surface area contributed by atoms with E-state index < -0.39 is 6.10 Å². The van der Waals surface area contributed by atoms with Gasteiger partial charge in [-0.05, 0) is 52.0 Å². The molecule has 7 heteroatoms. The maximum absolute atomic E-state index is 12.3. The Morgan fingerprint density at radius 2 is 1.91 bits per heavy atom. The minimum Gasteiger partial charge on any atom is -0.459 e. The van der Waals surface area contributed by atoms with Crippen molar-refractivity contribution in [3.05, 3.63) is 36.0 Å². The van der Waals surface area contributed by atoms with Crippen molar-refractivity contribution in [2.45, 2.75) is 116 Å². The summed E-state index contributed by atoms with van der Waals surface area (Å²) in [7, 11) is 0. The zero-order valence-corrected chi connectivity index (χ0v) is 22.1. The molecule has 0 aromatic heterocycles. The molecule has 35 heavy (non-hydrogen) atoms. The van der Waals surface area contributed by atoms with Gasteiger partial charge in [0.1, 0.15) is 6.10 Å². The average Bonchev–Trinajstić information content (AvgIpc) is 3.54. The lowest BCUT2D eigenvalue weighted by atomic mass is 9.88. The topological polar surface area (TPSA) is 86.4 Å². The third-order valence-electron chi connectivity index (χ3n) is 7.21. The van der Waals surface area contributed by atoms with Gasteiger partial charge in [-0.2, -0.15) is 0 Å². The number of ether oxygens (including phenoxy) is 4. The molecule has 0 bridgehead atoms. The molecule has 1 amide bonds. The van der Waals surface area contributed by atoms with Crippen LogP contribution in [0, 0.1) is 5.92 Å². The van der Waals surface area contributed by atoms with Crippen LogP contribution >= 0.6 is 0 Å². The summed E-state index contributed by atoms with van der Waals surface area (Å²) in [6.07, 6.45) is 14.2. The van der Waals surface area contributed by atoms with Gasteiger partial charge in [-0.3, -0.25) is 9.59 Å². The standard InChI is InChI=1S/C28H43NO6/c1-7-23-15-28(17-32-28)16-24(35-23)11-8-18(2)9-12-26-19(3)14-25(21(5)34-26)29-27(31)13-10-20(4)33-22(6)30/h8-11,13,19-21,23-26H,7,12,14-17H2,1-6H3,(H,29,31)/b11-8+,13-10-,18-9+/t19-,20-,21+,23+,24+,25+,26-,28-/m0/s1. The Kier molecular flexibility index (Phi) is 9.73. The Bertz CT molecular complexity index is 829. The molecule has 8 atom stereocenters. The predicted molar refractivity (Wildman–Crippen MR) is 135 cm³/mol. The number of epoxide rings is 1. The van der Waals surface area contributed by atoms with Gasteiger partial charge in [0, 0.05) is 25.8 Å². The number of carbonyl (C=O) groups is 2. The second kappa shape index (κ2) is 12.3. The molecule has 3 saturated heterocycles. The highest BCUT2D eigenvalue weighted by Crippen LogP contribution is 2.43. The zero-order valence-electron chi connectivity index (χ0n) is 22.1. The molecule has 0 radical (unpaired) electrons. The number of esters is 1. The number of hydrogen-bond donors (Lipinski definition) is 1. The second-order valence-electron chi connectivity index (χ2n) is 10.5. The van der Waals surface area contributed by atoms with Gasteiger partial charge in [0.15, 0.2) is 0 Å². The minimum atomic E-state index is -0.438. The highest BCUT2D eigenvalue weighted by molar-refractivity contribution is 5.87. The number of nitrogens with one attached hydrogen (secondary N) is 1. The van der Waals surface area contributed by atoms with Crippen LogP contribution in [0.4, 0.5) is 0 Å². The van der Waals surface area contributed by atoms with Gasteiger partial charge in [-0.1, -0.05) is 37.6 Å². The van der Waals surface area contributed by atoms with Gasteiger partial charge in [0.05, 0.1) is 42.7 Å². The summed E-state index contributed by atoms with van der Waals surface area (Å²) in [6.45, 7) is 12.4. The van der Waals surface area contributed by atoms with Crippen molar-refractivity contribution in [1.82, 2.24) is 5.32 Å². The number of rotatable bonds is 9.